The molecule has 0 saturated heterocycles. The third-order valence-electron chi connectivity index (χ3n) is 3.34. The number of amidine groups is 1. The molecule has 3 N–H and O–H groups in total. The number of aryl methyl sites for hydroxylation is 1. The summed E-state index contributed by atoms with van der Waals surface area (Å²) in [6, 6.07) is 13.0. The molecule has 21 heavy (non-hydrogen) atoms. The predicted octanol–water partition coefficient (Wildman–Crippen LogP) is 3.05. The van der Waals surface area contributed by atoms with Crippen LogP contribution in [0.15, 0.2) is 42.5 Å². The van der Waals surface area contributed by atoms with Gasteiger partial charge in [-0.15, -0.1) is 0 Å². The largest absolute Gasteiger partial charge is 0.384 e. The van der Waals surface area contributed by atoms with Crippen molar-refractivity contribution >= 4 is 5.84 Å². The van der Waals surface area contributed by atoms with Gasteiger partial charge in [0.1, 0.15) is 11.7 Å². The third-order valence-corrected chi connectivity index (χ3v) is 3.34. The molecule has 4 heteroatoms. The molecule has 0 atom stereocenters. The highest BCUT2D eigenvalue weighted by Gasteiger charge is 2.08. The monoisotopic (exact) mass is 285 g/mol. The van der Waals surface area contributed by atoms with Crippen LogP contribution in [0, 0.1) is 18.2 Å². The molecule has 0 spiro atoms. The average molecular weight is 285 g/mol. The fraction of sp³-hybridized carbons (Fsp3) is 0.235. The van der Waals surface area contributed by atoms with Crippen molar-refractivity contribution in [2.75, 3.05) is 7.05 Å². The second-order valence-electron chi connectivity index (χ2n) is 5.38. The van der Waals surface area contributed by atoms with Crippen LogP contribution in [0.3, 0.4) is 0 Å². The summed E-state index contributed by atoms with van der Waals surface area (Å²) >= 11 is 0. The number of nitrogens with zero attached hydrogens (tertiary/aromatic N) is 1. The minimum atomic E-state index is -0.321. The number of benzene rings is 2. The predicted molar refractivity (Wildman–Crippen MR) is 83.8 cm³/mol. The van der Waals surface area contributed by atoms with Crippen LogP contribution in [-0.2, 0) is 13.1 Å². The van der Waals surface area contributed by atoms with Crippen molar-refractivity contribution in [2.24, 2.45) is 5.73 Å². The van der Waals surface area contributed by atoms with Gasteiger partial charge < -0.3 is 5.73 Å². The van der Waals surface area contributed by atoms with Crippen LogP contribution in [0.4, 0.5) is 4.39 Å². The lowest BCUT2D eigenvalue weighted by molar-refractivity contribution is 0.313. The Labute approximate surface area is 124 Å². The molecule has 0 aliphatic rings. The van der Waals surface area contributed by atoms with Gasteiger partial charge >= 0.3 is 0 Å². The van der Waals surface area contributed by atoms with Gasteiger partial charge in [-0.05, 0) is 25.6 Å². The molecule has 0 bridgehead atoms. The maximum Gasteiger partial charge on any atom is 0.128 e. The number of rotatable bonds is 5. The summed E-state index contributed by atoms with van der Waals surface area (Å²) in [6.45, 7) is 3.33. The zero-order valence-corrected chi connectivity index (χ0v) is 12.4. The van der Waals surface area contributed by atoms with Crippen LogP contribution >= 0.6 is 0 Å². The van der Waals surface area contributed by atoms with Crippen LogP contribution in [-0.4, -0.2) is 17.8 Å². The molecular weight excluding hydrogens is 265 g/mol. The van der Waals surface area contributed by atoms with E-state index in [4.69, 9.17) is 11.1 Å². The maximum absolute atomic E-state index is 14.0. The van der Waals surface area contributed by atoms with Gasteiger partial charge in [-0.2, -0.15) is 0 Å². The smallest absolute Gasteiger partial charge is 0.128 e. The molecule has 2 aromatic rings. The first kappa shape index (κ1) is 15.2. The fourth-order valence-electron chi connectivity index (χ4n) is 2.31. The molecule has 0 aliphatic carbocycles. The number of hydrogen-bond donors (Lipinski definition) is 2. The van der Waals surface area contributed by atoms with Crippen molar-refractivity contribution < 1.29 is 4.39 Å². The SMILES string of the molecule is Cc1cccc(CN(C)Cc2ccc(C(=N)N)cc2F)c1. The molecule has 2 aromatic carbocycles. The molecule has 0 unspecified atom stereocenters. The van der Waals surface area contributed by atoms with E-state index < -0.39 is 0 Å². The summed E-state index contributed by atoms with van der Waals surface area (Å²) in [4.78, 5) is 2.06. The Morgan fingerprint density at radius 1 is 1.19 bits per heavy atom. The number of halogens is 1. The lowest BCUT2D eigenvalue weighted by Gasteiger charge is -2.18. The van der Waals surface area contributed by atoms with Gasteiger partial charge in [-0.1, -0.05) is 42.0 Å². The van der Waals surface area contributed by atoms with Crippen LogP contribution in [0.2, 0.25) is 0 Å². The van der Waals surface area contributed by atoms with E-state index in [1.807, 2.05) is 13.1 Å². The molecule has 110 valence electrons. The highest BCUT2D eigenvalue weighted by molar-refractivity contribution is 5.94. The molecule has 3 nitrogen and oxygen atoms in total. The van der Waals surface area contributed by atoms with Gasteiger partial charge in [-0.3, -0.25) is 10.3 Å². The lowest BCUT2D eigenvalue weighted by atomic mass is 10.1. The molecule has 0 heterocycles. The molecule has 0 radical (unpaired) electrons. The van der Waals surface area contributed by atoms with Crippen molar-refractivity contribution in [1.82, 2.24) is 4.90 Å². The highest BCUT2D eigenvalue weighted by atomic mass is 19.1. The Kier molecular flexibility index (Phi) is 4.70. The number of nitrogens with two attached hydrogens (primary N) is 1. The second kappa shape index (κ2) is 6.50. The zero-order chi connectivity index (χ0) is 15.4. The summed E-state index contributed by atoms with van der Waals surface area (Å²) in [5, 5.41) is 7.31. The van der Waals surface area contributed by atoms with Crippen molar-refractivity contribution in [1.29, 1.82) is 5.41 Å². The molecule has 0 amide bonds. The van der Waals surface area contributed by atoms with E-state index in [1.165, 1.54) is 17.2 Å². The zero-order valence-electron chi connectivity index (χ0n) is 12.4. The van der Waals surface area contributed by atoms with Crippen LogP contribution in [0.1, 0.15) is 22.3 Å². The number of hydrogen-bond acceptors (Lipinski definition) is 2. The van der Waals surface area contributed by atoms with E-state index in [-0.39, 0.29) is 11.7 Å². The van der Waals surface area contributed by atoms with E-state index in [0.29, 0.717) is 17.7 Å². The van der Waals surface area contributed by atoms with E-state index in [1.54, 1.807) is 12.1 Å². The minimum Gasteiger partial charge on any atom is -0.384 e. The molecule has 0 fully saturated rings. The Morgan fingerprint density at radius 2 is 1.95 bits per heavy atom. The van der Waals surface area contributed by atoms with E-state index in [9.17, 15) is 4.39 Å². The molecule has 2 rings (SSSR count). The van der Waals surface area contributed by atoms with E-state index in [0.717, 1.165) is 6.54 Å². The Hall–Kier alpha value is -2.20. The van der Waals surface area contributed by atoms with Crippen LogP contribution < -0.4 is 5.73 Å². The first-order valence-corrected chi connectivity index (χ1v) is 6.82. The number of nitrogens with one attached hydrogen (secondary N) is 1. The van der Waals surface area contributed by atoms with Crippen molar-refractivity contribution in [3.05, 3.63) is 70.5 Å². The second-order valence-corrected chi connectivity index (χ2v) is 5.38. The van der Waals surface area contributed by atoms with Crippen molar-refractivity contribution in [3.63, 3.8) is 0 Å². The summed E-state index contributed by atoms with van der Waals surface area (Å²) < 4.78 is 14.0. The average Bonchev–Trinajstić information content (AvgIpc) is 2.40. The molecule has 0 aromatic heterocycles. The lowest BCUT2D eigenvalue weighted by Crippen LogP contribution is -2.18. The van der Waals surface area contributed by atoms with Crippen molar-refractivity contribution in [3.8, 4) is 0 Å². The normalized spacial score (nSPS) is 10.9. The first-order chi connectivity index (χ1) is 9.95. The van der Waals surface area contributed by atoms with Gasteiger partial charge in [0.2, 0.25) is 0 Å². The topological polar surface area (TPSA) is 53.1 Å². The minimum absolute atomic E-state index is 0.117. The Morgan fingerprint density at radius 3 is 2.57 bits per heavy atom. The van der Waals surface area contributed by atoms with Gasteiger partial charge in [0.05, 0.1) is 0 Å². The summed E-state index contributed by atoms with van der Waals surface area (Å²) in [7, 11) is 1.96. The molecule has 0 aliphatic heterocycles. The van der Waals surface area contributed by atoms with Gasteiger partial charge in [0.15, 0.2) is 0 Å². The summed E-state index contributed by atoms with van der Waals surface area (Å²) in [5.74, 6) is -0.438. The van der Waals surface area contributed by atoms with Gasteiger partial charge in [0.25, 0.3) is 0 Å². The third kappa shape index (κ3) is 4.13. The quantitative estimate of drug-likeness (QED) is 0.655. The highest BCUT2D eigenvalue weighted by Crippen LogP contribution is 2.14. The van der Waals surface area contributed by atoms with Crippen molar-refractivity contribution in [2.45, 2.75) is 20.0 Å². The summed E-state index contributed by atoms with van der Waals surface area (Å²) in [6.07, 6.45) is 0. The van der Waals surface area contributed by atoms with Gasteiger partial charge in [-0.25, -0.2) is 4.39 Å². The first-order valence-electron chi connectivity index (χ1n) is 6.82. The van der Waals surface area contributed by atoms with E-state index in [2.05, 4.69) is 30.0 Å². The maximum atomic E-state index is 14.0. The summed E-state index contributed by atoms with van der Waals surface area (Å²) in [5.41, 5.74) is 8.80. The molecular formula is C17H20FN3. The van der Waals surface area contributed by atoms with Crippen LogP contribution in [0.5, 0.6) is 0 Å². The van der Waals surface area contributed by atoms with E-state index >= 15 is 0 Å². The fourth-order valence-corrected chi connectivity index (χ4v) is 2.31. The van der Waals surface area contributed by atoms with Gasteiger partial charge in [0, 0.05) is 24.2 Å². The standard InChI is InChI=1S/C17H20FN3/c1-12-4-3-5-13(8-12)10-21(2)11-15-7-6-14(17(19)20)9-16(15)18/h3-9H,10-11H2,1-2H3,(H3,19,20). The van der Waals surface area contributed by atoms with Crippen LogP contribution in [0.25, 0.3) is 0 Å². The Balaban J connectivity index is 2.06. The number of nitrogen functional groups attached to an aromatic ring is 1. The Bertz CT molecular complexity index is 652. The molecule has 0 saturated carbocycles.